The second-order valence-electron chi connectivity index (χ2n) is 11.1. The molecule has 1 heterocycles. The topological polar surface area (TPSA) is 57.6 Å². The SMILES string of the molecule is CC(C)(C)CCc1ccc([C@]23CCCC(C)(C)C2=CN(CCC(=O)O)C(=O)C3)cc1Cl. The van der Waals surface area contributed by atoms with E-state index in [0.717, 1.165) is 48.3 Å². The van der Waals surface area contributed by atoms with Crippen LogP contribution in [0.3, 0.4) is 0 Å². The van der Waals surface area contributed by atoms with Crippen molar-refractivity contribution < 1.29 is 14.7 Å². The highest BCUT2D eigenvalue weighted by molar-refractivity contribution is 6.31. The molecule has 0 saturated heterocycles. The third-order valence-corrected chi connectivity index (χ3v) is 7.38. The van der Waals surface area contributed by atoms with Crippen LogP contribution < -0.4 is 0 Å². The van der Waals surface area contributed by atoms with Gasteiger partial charge in [-0.25, -0.2) is 0 Å². The van der Waals surface area contributed by atoms with Gasteiger partial charge < -0.3 is 10.0 Å². The summed E-state index contributed by atoms with van der Waals surface area (Å²) < 4.78 is 0. The number of benzene rings is 1. The summed E-state index contributed by atoms with van der Waals surface area (Å²) in [6.07, 6.45) is 7.30. The monoisotopic (exact) mass is 445 g/mol. The summed E-state index contributed by atoms with van der Waals surface area (Å²) in [6.45, 7) is 11.4. The highest BCUT2D eigenvalue weighted by atomic mass is 35.5. The van der Waals surface area contributed by atoms with Crippen LogP contribution in [0.15, 0.2) is 30.0 Å². The number of hydrogen-bond donors (Lipinski definition) is 1. The lowest BCUT2D eigenvalue weighted by molar-refractivity contribution is -0.138. The average Bonchev–Trinajstić information content (AvgIpc) is 2.64. The Morgan fingerprint density at radius 2 is 1.94 bits per heavy atom. The molecular formula is C26H36ClNO3. The second kappa shape index (κ2) is 8.61. The first kappa shape index (κ1) is 23.8. The molecule has 170 valence electrons. The molecule has 0 spiro atoms. The predicted octanol–water partition coefficient (Wildman–Crippen LogP) is 6.36. The third kappa shape index (κ3) is 5.16. The molecule has 1 aliphatic heterocycles. The van der Waals surface area contributed by atoms with Crippen LogP contribution >= 0.6 is 11.6 Å². The van der Waals surface area contributed by atoms with E-state index in [1.807, 2.05) is 6.20 Å². The molecule has 0 aromatic heterocycles. The molecule has 1 aromatic rings. The van der Waals surface area contributed by atoms with E-state index in [4.69, 9.17) is 16.7 Å². The molecule has 4 nitrogen and oxygen atoms in total. The van der Waals surface area contributed by atoms with Gasteiger partial charge in [-0.15, -0.1) is 0 Å². The molecule has 1 amide bonds. The highest BCUT2D eigenvalue weighted by Crippen LogP contribution is 2.56. The van der Waals surface area contributed by atoms with Gasteiger partial charge in [-0.05, 0) is 59.3 Å². The van der Waals surface area contributed by atoms with Gasteiger partial charge in [0.1, 0.15) is 0 Å². The van der Waals surface area contributed by atoms with Crippen LogP contribution in [-0.4, -0.2) is 28.4 Å². The number of carbonyl (C=O) groups is 2. The summed E-state index contributed by atoms with van der Waals surface area (Å²) in [7, 11) is 0. The van der Waals surface area contributed by atoms with Crippen molar-refractivity contribution in [2.75, 3.05) is 6.54 Å². The molecule has 1 fully saturated rings. The van der Waals surface area contributed by atoms with E-state index in [1.165, 1.54) is 5.57 Å². The number of aryl methyl sites for hydroxylation is 1. The van der Waals surface area contributed by atoms with Crippen LogP contribution in [0.2, 0.25) is 5.02 Å². The Kier molecular flexibility index (Phi) is 6.63. The summed E-state index contributed by atoms with van der Waals surface area (Å²) in [5.74, 6) is -0.890. The lowest BCUT2D eigenvalue weighted by atomic mass is 9.55. The van der Waals surface area contributed by atoms with E-state index < -0.39 is 5.97 Å². The van der Waals surface area contributed by atoms with Crippen molar-refractivity contribution in [2.45, 2.75) is 85.0 Å². The van der Waals surface area contributed by atoms with Gasteiger partial charge in [0.05, 0.1) is 6.42 Å². The van der Waals surface area contributed by atoms with E-state index in [1.54, 1.807) is 4.90 Å². The first-order chi connectivity index (χ1) is 14.3. The molecule has 31 heavy (non-hydrogen) atoms. The first-order valence-corrected chi connectivity index (χ1v) is 11.7. The van der Waals surface area contributed by atoms with Crippen molar-refractivity contribution in [1.29, 1.82) is 0 Å². The number of carboxylic acid groups (broad SMARTS) is 1. The molecular weight excluding hydrogens is 410 g/mol. The summed E-state index contributed by atoms with van der Waals surface area (Å²) in [4.78, 5) is 25.7. The molecule has 1 atom stereocenters. The van der Waals surface area contributed by atoms with Gasteiger partial charge in [0.25, 0.3) is 0 Å². The molecule has 5 heteroatoms. The minimum Gasteiger partial charge on any atom is -0.481 e. The van der Waals surface area contributed by atoms with Crippen molar-refractivity contribution in [3.63, 3.8) is 0 Å². The number of hydrogen-bond acceptors (Lipinski definition) is 2. The predicted molar refractivity (Wildman–Crippen MR) is 125 cm³/mol. The number of rotatable bonds is 6. The number of aliphatic carboxylic acids is 1. The van der Waals surface area contributed by atoms with Gasteiger partial charge in [-0.2, -0.15) is 0 Å². The lowest BCUT2D eigenvalue weighted by Gasteiger charge is -2.51. The number of carboxylic acids is 1. The fourth-order valence-electron chi connectivity index (χ4n) is 5.18. The van der Waals surface area contributed by atoms with Crippen molar-refractivity contribution in [3.05, 3.63) is 46.1 Å². The number of allylic oxidation sites excluding steroid dienone is 1. The molecule has 2 aliphatic rings. The fraction of sp³-hybridized carbons (Fsp3) is 0.615. The first-order valence-electron chi connectivity index (χ1n) is 11.4. The van der Waals surface area contributed by atoms with Crippen LogP contribution in [-0.2, 0) is 21.4 Å². The molecule has 0 bridgehead atoms. The number of amides is 1. The van der Waals surface area contributed by atoms with Crippen molar-refractivity contribution >= 4 is 23.5 Å². The number of fused-ring (bicyclic) bond motifs is 1. The van der Waals surface area contributed by atoms with E-state index in [9.17, 15) is 9.59 Å². The smallest absolute Gasteiger partial charge is 0.305 e. The molecule has 3 rings (SSSR count). The summed E-state index contributed by atoms with van der Waals surface area (Å²) in [5.41, 5.74) is 3.33. The zero-order chi connectivity index (χ0) is 23.0. The number of halogens is 1. The Bertz CT molecular complexity index is 896. The van der Waals surface area contributed by atoms with Gasteiger partial charge >= 0.3 is 5.97 Å². The standard InChI is InChI=1S/C26H36ClNO3/c1-24(2,3)13-9-18-7-8-19(15-20(18)27)26-12-6-11-25(4,5)21(26)17-28(22(29)16-26)14-10-23(30)31/h7-8,15,17H,6,9-14,16H2,1-5H3,(H,30,31)/t26-/m1/s1. The summed E-state index contributed by atoms with van der Waals surface area (Å²) >= 11 is 6.75. The molecule has 1 N–H and O–H groups in total. The summed E-state index contributed by atoms with van der Waals surface area (Å²) in [6, 6.07) is 6.38. The lowest BCUT2D eigenvalue weighted by Crippen LogP contribution is -2.49. The van der Waals surface area contributed by atoms with E-state index in [0.29, 0.717) is 6.42 Å². The Balaban J connectivity index is 1.99. The van der Waals surface area contributed by atoms with Crippen molar-refractivity contribution in [1.82, 2.24) is 4.90 Å². The Hall–Kier alpha value is -1.81. The molecule has 1 aromatic carbocycles. The van der Waals surface area contributed by atoms with Gasteiger partial charge in [-0.3, -0.25) is 9.59 Å². The van der Waals surface area contributed by atoms with Gasteiger partial charge in [0, 0.05) is 29.6 Å². The highest BCUT2D eigenvalue weighted by Gasteiger charge is 2.50. The number of nitrogens with zero attached hydrogens (tertiary/aromatic N) is 1. The van der Waals surface area contributed by atoms with Crippen molar-refractivity contribution in [2.24, 2.45) is 10.8 Å². The second-order valence-corrected chi connectivity index (χ2v) is 11.5. The minimum absolute atomic E-state index is 0.00404. The van der Waals surface area contributed by atoms with Crippen LogP contribution in [0.25, 0.3) is 0 Å². The molecule has 0 unspecified atom stereocenters. The van der Waals surface area contributed by atoms with Gasteiger partial charge in [0.2, 0.25) is 5.91 Å². The van der Waals surface area contributed by atoms with E-state index >= 15 is 0 Å². The quantitative estimate of drug-likeness (QED) is 0.554. The average molecular weight is 446 g/mol. The Labute approximate surface area is 191 Å². The molecule has 1 saturated carbocycles. The fourth-order valence-corrected chi connectivity index (χ4v) is 5.46. The number of carbonyl (C=O) groups excluding carboxylic acids is 1. The normalized spacial score (nSPS) is 23.4. The maximum Gasteiger partial charge on any atom is 0.305 e. The summed E-state index contributed by atoms with van der Waals surface area (Å²) in [5, 5.41) is 9.85. The minimum atomic E-state index is -0.886. The largest absolute Gasteiger partial charge is 0.481 e. The van der Waals surface area contributed by atoms with Crippen LogP contribution in [0.5, 0.6) is 0 Å². The molecule has 1 aliphatic carbocycles. The van der Waals surface area contributed by atoms with Crippen molar-refractivity contribution in [3.8, 4) is 0 Å². The Morgan fingerprint density at radius 3 is 2.55 bits per heavy atom. The van der Waals surface area contributed by atoms with Crippen LogP contribution in [0.4, 0.5) is 0 Å². The maximum atomic E-state index is 13.1. The van der Waals surface area contributed by atoms with Gasteiger partial charge in [0.15, 0.2) is 0 Å². The van der Waals surface area contributed by atoms with Crippen LogP contribution in [0, 0.1) is 10.8 Å². The maximum absolute atomic E-state index is 13.1. The van der Waals surface area contributed by atoms with Gasteiger partial charge in [-0.1, -0.05) is 64.8 Å². The third-order valence-electron chi connectivity index (χ3n) is 7.02. The zero-order valence-electron chi connectivity index (χ0n) is 19.6. The zero-order valence-corrected chi connectivity index (χ0v) is 20.3. The Morgan fingerprint density at radius 1 is 1.23 bits per heavy atom. The van der Waals surface area contributed by atoms with E-state index in [-0.39, 0.29) is 35.1 Å². The molecule has 0 radical (unpaired) electrons. The van der Waals surface area contributed by atoms with E-state index in [2.05, 4.69) is 52.8 Å². The van der Waals surface area contributed by atoms with Crippen LogP contribution in [0.1, 0.15) is 84.3 Å².